The van der Waals surface area contributed by atoms with Gasteiger partial charge in [-0.15, -0.1) is 0 Å². The third kappa shape index (κ3) is 2.93. The van der Waals surface area contributed by atoms with E-state index in [1.54, 1.807) is 24.4 Å². The van der Waals surface area contributed by atoms with Gasteiger partial charge in [-0.25, -0.2) is 4.39 Å². The molecule has 5 heteroatoms. The van der Waals surface area contributed by atoms with Crippen LogP contribution in [0.5, 0.6) is 0 Å². The zero-order chi connectivity index (χ0) is 14.7. The van der Waals surface area contributed by atoms with Crippen LogP contribution in [0.1, 0.15) is 19.4 Å². The van der Waals surface area contributed by atoms with Gasteiger partial charge in [0.05, 0.1) is 5.52 Å². The van der Waals surface area contributed by atoms with Crippen LogP contribution in [-0.2, 0) is 11.3 Å². The fourth-order valence-electron chi connectivity index (χ4n) is 2.17. The molecule has 2 rings (SSSR count). The second-order valence-corrected chi connectivity index (χ2v) is 5.05. The SMILES string of the molecule is CC(C)C(NCc1ccc(F)c2cccnc12)C(=O)O. The van der Waals surface area contributed by atoms with Crippen LogP contribution in [0.25, 0.3) is 10.9 Å². The summed E-state index contributed by atoms with van der Waals surface area (Å²) in [5.74, 6) is -1.25. The summed E-state index contributed by atoms with van der Waals surface area (Å²) in [5.41, 5.74) is 1.35. The number of benzene rings is 1. The molecule has 0 aliphatic carbocycles. The Balaban J connectivity index is 2.26. The van der Waals surface area contributed by atoms with Crippen LogP contribution in [0.4, 0.5) is 4.39 Å². The van der Waals surface area contributed by atoms with Gasteiger partial charge in [0.1, 0.15) is 11.9 Å². The smallest absolute Gasteiger partial charge is 0.320 e. The van der Waals surface area contributed by atoms with Crippen molar-refractivity contribution in [2.24, 2.45) is 5.92 Å². The maximum Gasteiger partial charge on any atom is 0.320 e. The molecule has 1 unspecified atom stereocenters. The Hall–Kier alpha value is -2.01. The molecule has 106 valence electrons. The lowest BCUT2D eigenvalue weighted by atomic mass is 10.0. The lowest BCUT2D eigenvalue weighted by molar-refractivity contribution is -0.140. The number of aromatic nitrogens is 1. The van der Waals surface area contributed by atoms with Crippen molar-refractivity contribution in [3.63, 3.8) is 0 Å². The molecule has 0 fully saturated rings. The highest BCUT2D eigenvalue weighted by atomic mass is 19.1. The predicted octanol–water partition coefficient (Wildman–Crippen LogP) is 2.57. The van der Waals surface area contributed by atoms with Gasteiger partial charge >= 0.3 is 5.97 Å². The van der Waals surface area contributed by atoms with Crippen LogP contribution in [0.15, 0.2) is 30.5 Å². The number of carbonyl (C=O) groups is 1. The maximum absolute atomic E-state index is 13.7. The molecule has 0 bridgehead atoms. The van der Waals surface area contributed by atoms with E-state index in [9.17, 15) is 9.18 Å². The summed E-state index contributed by atoms with van der Waals surface area (Å²) in [7, 11) is 0. The standard InChI is InChI=1S/C15H17FN2O2/c1-9(2)13(15(19)20)18-8-10-5-6-12(16)11-4-3-7-17-14(10)11/h3-7,9,13,18H,8H2,1-2H3,(H,19,20). The summed E-state index contributed by atoms with van der Waals surface area (Å²) >= 11 is 0. The van der Waals surface area contributed by atoms with Gasteiger partial charge in [0.25, 0.3) is 0 Å². The molecule has 0 saturated carbocycles. The molecular formula is C15H17FN2O2. The molecule has 1 heterocycles. The van der Waals surface area contributed by atoms with Crippen molar-refractivity contribution in [1.82, 2.24) is 10.3 Å². The number of halogens is 1. The second-order valence-electron chi connectivity index (χ2n) is 5.05. The summed E-state index contributed by atoms with van der Waals surface area (Å²) in [4.78, 5) is 15.3. The molecule has 1 aromatic carbocycles. The number of pyridine rings is 1. The third-order valence-electron chi connectivity index (χ3n) is 3.25. The van der Waals surface area contributed by atoms with Gasteiger partial charge in [-0.2, -0.15) is 0 Å². The van der Waals surface area contributed by atoms with Crippen molar-refractivity contribution in [1.29, 1.82) is 0 Å². The number of carboxylic acids is 1. The van der Waals surface area contributed by atoms with Crippen molar-refractivity contribution >= 4 is 16.9 Å². The number of hydrogen-bond donors (Lipinski definition) is 2. The first kappa shape index (κ1) is 14.4. The average molecular weight is 276 g/mol. The van der Waals surface area contributed by atoms with Gasteiger partial charge in [-0.05, 0) is 29.7 Å². The van der Waals surface area contributed by atoms with Crippen LogP contribution in [-0.4, -0.2) is 22.1 Å². The molecule has 2 aromatic rings. The van der Waals surface area contributed by atoms with E-state index in [0.29, 0.717) is 17.4 Å². The Labute approximate surface area is 116 Å². The molecule has 4 nitrogen and oxygen atoms in total. The third-order valence-corrected chi connectivity index (χ3v) is 3.25. The molecule has 0 amide bonds. The molecule has 2 N–H and O–H groups in total. The minimum absolute atomic E-state index is 0.0350. The molecular weight excluding hydrogens is 259 g/mol. The lowest BCUT2D eigenvalue weighted by Crippen LogP contribution is -2.40. The highest BCUT2D eigenvalue weighted by molar-refractivity contribution is 5.82. The number of nitrogens with zero attached hydrogens (tertiary/aromatic N) is 1. The summed E-state index contributed by atoms with van der Waals surface area (Å²) < 4.78 is 13.7. The van der Waals surface area contributed by atoms with E-state index in [2.05, 4.69) is 10.3 Å². The van der Waals surface area contributed by atoms with Gasteiger partial charge in [-0.1, -0.05) is 19.9 Å². The van der Waals surface area contributed by atoms with Crippen LogP contribution < -0.4 is 5.32 Å². The molecule has 0 radical (unpaired) electrons. The molecule has 0 spiro atoms. The van der Waals surface area contributed by atoms with E-state index >= 15 is 0 Å². The number of rotatable bonds is 5. The zero-order valence-corrected chi connectivity index (χ0v) is 11.4. The van der Waals surface area contributed by atoms with Crippen molar-refractivity contribution < 1.29 is 14.3 Å². The fraction of sp³-hybridized carbons (Fsp3) is 0.333. The number of aliphatic carboxylic acids is 1. The van der Waals surface area contributed by atoms with E-state index in [-0.39, 0.29) is 11.7 Å². The number of fused-ring (bicyclic) bond motifs is 1. The molecule has 1 atom stereocenters. The summed E-state index contributed by atoms with van der Waals surface area (Å²) in [6.07, 6.45) is 1.60. The highest BCUT2D eigenvalue weighted by Gasteiger charge is 2.20. The van der Waals surface area contributed by atoms with Crippen LogP contribution >= 0.6 is 0 Å². The fourth-order valence-corrected chi connectivity index (χ4v) is 2.17. The lowest BCUT2D eigenvalue weighted by Gasteiger charge is -2.18. The van der Waals surface area contributed by atoms with Crippen LogP contribution in [0, 0.1) is 11.7 Å². The summed E-state index contributed by atoms with van der Waals surface area (Å²) in [6.45, 7) is 4.02. The normalized spacial score (nSPS) is 12.8. The minimum atomic E-state index is -0.889. The predicted molar refractivity (Wildman–Crippen MR) is 74.8 cm³/mol. The van der Waals surface area contributed by atoms with Crippen molar-refractivity contribution in [3.8, 4) is 0 Å². The largest absolute Gasteiger partial charge is 0.480 e. The van der Waals surface area contributed by atoms with E-state index < -0.39 is 12.0 Å². The first-order chi connectivity index (χ1) is 9.50. The molecule has 0 aliphatic heterocycles. The van der Waals surface area contributed by atoms with Gasteiger partial charge in [0.15, 0.2) is 0 Å². The summed E-state index contributed by atoms with van der Waals surface area (Å²) in [6, 6.07) is 5.72. The Morgan fingerprint density at radius 2 is 2.15 bits per heavy atom. The van der Waals surface area contributed by atoms with Gasteiger partial charge in [0.2, 0.25) is 0 Å². The van der Waals surface area contributed by atoms with E-state index in [4.69, 9.17) is 5.11 Å². The van der Waals surface area contributed by atoms with E-state index in [1.807, 2.05) is 13.8 Å². The summed E-state index contributed by atoms with van der Waals surface area (Å²) in [5, 5.41) is 12.6. The molecule has 1 aromatic heterocycles. The van der Waals surface area contributed by atoms with Gasteiger partial charge < -0.3 is 10.4 Å². The second kappa shape index (κ2) is 5.96. The van der Waals surface area contributed by atoms with E-state index in [0.717, 1.165) is 5.56 Å². The first-order valence-corrected chi connectivity index (χ1v) is 6.49. The Kier molecular flexibility index (Phi) is 4.29. The maximum atomic E-state index is 13.7. The van der Waals surface area contributed by atoms with Crippen LogP contribution in [0.2, 0.25) is 0 Å². The van der Waals surface area contributed by atoms with Gasteiger partial charge in [-0.3, -0.25) is 9.78 Å². The zero-order valence-electron chi connectivity index (χ0n) is 11.4. The average Bonchev–Trinajstić information content (AvgIpc) is 2.41. The van der Waals surface area contributed by atoms with E-state index in [1.165, 1.54) is 6.07 Å². The monoisotopic (exact) mass is 276 g/mol. The quantitative estimate of drug-likeness (QED) is 0.881. The molecule has 20 heavy (non-hydrogen) atoms. The Morgan fingerprint density at radius 1 is 1.40 bits per heavy atom. The van der Waals surface area contributed by atoms with Crippen LogP contribution in [0.3, 0.4) is 0 Å². The molecule has 0 aliphatic rings. The highest BCUT2D eigenvalue weighted by Crippen LogP contribution is 2.19. The number of carboxylic acid groups (broad SMARTS) is 1. The van der Waals surface area contributed by atoms with Crippen molar-refractivity contribution in [2.45, 2.75) is 26.4 Å². The topological polar surface area (TPSA) is 62.2 Å². The van der Waals surface area contributed by atoms with Crippen molar-refractivity contribution in [2.75, 3.05) is 0 Å². The van der Waals surface area contributed by atoms with Gasteiger partial charge in [0, 0.05) is 18.1 Å². The minimum Gasteiger partial charge on any atom is -0.480 e. The number of hydrogen-bond acceptors (Lipinski definition) is 3. The Morgan fingerprint density at radius 3 is 2.80 bits per heavy atom. The number of nitrogens with one attached hydrogen (secondary N) is 1. The Bertz CT molecular complexity index is 628. The molecule has 0 saturated heterocycles. The van der Waals surface area contributed by atoms with Crippen molar-refractivity contribution in [3.05, 3.63) is 41.8 Å². The first-order valence-electron chi connectivity index (χ1n) is 6.49.